The van der Waals surface area contributed by atoms with Crippen molar-refractivity contribution in [2.45, 2.75) is 91.2 Å². The molecule has 0 aliphatic carbocycles. The summed E-state index contributed by atoms with van der Waals surface area (Å²) in [4.78, 5) is 70.6. The second-order valence-corrected chi connectivity index (χ2v) is 16.4. The van der Waals surface area contributed by atoms with Gasteiger partial charge in [-0.1, -0.05) is 39.8 Å². The topological polar surface area (TPSA) is 191 Å². The first-order valence-corrected chi connectivity index (χ1v) is 20.3. The molecular weight excluding hydrogens is 758 g/mol. The fourth-order valence-corrected chi connectivity index (χ4v) is 8.78. The number of aliphatic hydroxyl groups is 1. The minimum Gasteiger partial charge on any atom is -0.472 e. The fourth-order valence-electron chi connectivity index (χ4n) is 8.78. The van der Waals surface area contributed by atoms with Crippen LogP contribution in [0.5, 0.6) is 5.75 Å². The number of benzene rings is 2. The molecule has 3 aromatic heterocycles. The van der Waals surface area contributed by atoms with Crippen LogP contribution in [0.1, 0.15) is 84.0 Å². The van der Waals surface area contributed by atoms with Crippen LogP contribution in [0.4, 0.5) is 4.39 Å². The van der Waals surface area contributed by atoms with Crippen molar-refractivity contribution in [3.8, 4) is 39.5 Å². The summed E-state index contributed by atoms with van der Waals surface area (Å²) in [5.74, 6) is -0.00396. The maximum atomic E-state index is 16.5. The number of ether oxygens (including phenoxy) is 1. The van der Waals surface area contributed by atoms with Gasteiger partial charge in [-0.15, -0.1) is 0 Å². The molecule has 4 atom stereocenters. The van der Waals surface area contributed by atoms with E-state index in [4.69, 9.17) is 4.74 Å². The van der Waals surface area contributed by atoms with Gasteiger partial charge in [-0.05, 0) is 61.8 Å². The van der Waals surface area contributed by atoms with Crippen LogP contribution in [-0.2, 0) is 25.9 Å². The van der Waals surface area contributed by atoms with Crippen molar-refractivity contribution in [2.75, 3.05) is 19.7 Å². The third-order valence-electron chi connectivity index (χ3n) is 11.8. The highest BCUT2D eigenvalue weighted by molar-refractivity contribution is 5.93. The quantitative estimate of drug-likeness (QED) is 0.120. The number of aliphatic hydroxyl groups excluding tert-OH is 1. The van der Waals surface area contributed by atoms with Crippen LogP contribution in [0.3, 0.4) is 0 Å². The van der Waals surface area contributed by atoms with Crippen LogP contribution in [0.2, 0.25) is 0 Å². The summed E-state index contributed by atoms with van der Waals surface area (Å²) in [5.41, 5.74) is 4.67. The van der Waals surface area contributed by atoms with Gasteiger partial charge in [-0.3, -0.25) is 19.2 Å². The molecule has 16 heteroatoms. The lowest BCUT2D eigenvalue weighted by Crippen LogP contribution is -2.51. The molecule has 0 bridgehead atoms. The lowest BCUT2D eigenvalue weighted by Gasteiger charge is -2.30. The molecule has 3 aliphatic heterocycles. The smallest absolute Gasteiger partial charge is 0.246 e. The van der Waals surface area contributed by atoms with E-state index in [1.165, 1.54) is 6.92 Å². The molecule has 0 unspecified atom stereocenters. The summed E-state index contributed by atoms with van der Waals surface area (Å²) in [5, 5.41) is 15.1. The Morgan fingerprint density at radius 1 is 0.847 bits per heavy atom. The monoisotopic (exact) mass is 807 g/mol. The van der Waals surface area contributed by atoms with Gasteiger partial charge in [0.05, 0.1) is 47.1 Å². The molecule has 2 aromatic carbocycles. The number of carbonyl (C=O) groups excluding carboxylic acids is 4. The molecule has 3 aliphatic rings. The van der Waals surface area contributed by atoms with Gasteiger partial charge in [0.15, 0.2) is 12.5 Å². The molecule has 59 heavy (non-hydrogen) atoms. The maximum absolute atomic E-state index is 16.5. The van der Waals surface area contributed by atoms with Crippen molar-refractivity contribution in [3.05, 3.63) is 66.3 Å². The van der Waals surface area contributed by atoms with Gasteiger partial charge in [0, 0.05) is 42.1 Å². The van der Waals surface area contributed by atoms with Crippen LogP contribution < -0.4 is 15.4 Å². The number of carbonyl (C=O) groups is 4. The zero-order valence-corrected chi connectivity index (χ0v) is 33.8. The highest BCUT2D eigenvalue weighted by Crippen LogP contribution is 2.43. The Kier molecular flexibility index (Phi) is 10.8. The maximum Gasteiger partial charge on any atom is 0.246 e. The van der Waals surface area contributed by atoms with E-state index < -0.39 is 24.6 Å². The molecule has 4 amide bonds. The van der Waals surface area contributed by atoms with Gasteiger partial charge >= 0.3 is 0 Å². The summed E-state index contributed by atoms with van der Waals surface area (Å²) in [6, 6.07) is 9.21. The second-order valence-electron chi connectivity index (χ2n) is 16.4. The van der Waals surface area contributed by atoms with Crippen molar-refractivity contribution >= 4 is 34.5 Å². The number of aromatic amines is 2. The van der Waals surface area contributed by atoms with Gasteiger partial charge in [0.1, 0.15) is 36.1 Å². The van der Waals surface area contributed by atoms with E-state index in [1.54, 1.807) is 28.3 Å². The van der Waals surface area contributed by atoms with Gasteiger partial charge < -0.3 is 44.8 Å². The molecule has 2 fully saturated rings. The third-order valence-corrected chi connectivity index (χ3v) is 11.8. The summed E-state index contributed by atoms with van der Waals surface area (Å²) in [7, 11) is 0. The van der Waals surface area contributed by atoms with E-state index in [1.807, 2.05) is 62.6 Å². The number of hydrogen-bond acceptors (Lipinski definition) is 8. The lowest BCUT2D eigenvalue weighted by atomic mass is 10.0. The van der Waals surface area contributed by atoms with Gasteiger partial charge in [0.2, 0.25) is 23.6 Å². The number of aromatic nitrogens is 5. The number of likely N-dealkylation sites (tertiary alicyclic amines) is 2. The molecule has 5 N–H and O–H groups in total. The summed E-state index contributed by atoms with van der Waals surface area (Å²) < 4.78 is 24.6. The molecule has 310 valence electrons. The van der Waals surface area contributed by atoms with E-state index >= 15 is 4.39 Å². The predicted molar refractivity (Wildman–Crippen MR) is 217 cm³/mol. The third kappa shape index (κ3) is 7.34. The fraction of sp³-hybridized carbons (Fsp3) is 0.442. The largest absolute Gasteiger partial charge is 0.472 e. The number of amides is 4. The minimum absolute atomic E-state index is 0.0699. The van der Waals surface area contributed by atoms with Crippen LogP contribution in [0.25, 0.3) is 44.7 Å². The zero-order valence-electron chi connectivity index (χ0n) is 33.8. The van der Waals surface area contributed by atoms with E-state index in [9.17, 15) is 24.3 Å². The average molecular weight is 808 g/mol. The number of fused-ring (bicyclic) bond motifs is 5. The Labute approximate surface area is 340 Å². The SMILES string of the molecule is CC(=O)N[C@H](C(=O)N1CCC[C@H]1c1ncc(-c2ccc3c(c2)OCn2c-3c(F)c3cc(-c4cnc([C@@H]5CCCN5C(=O)[C@@H](NC(=O)CO)C(C)C)[nH]4)ccc32)[nH]1)C(C)C. The second kappa shape index (κ2) is 16.0. The molecule has 0 saturated carbocycles. The Bertz CT molecular complexity index is 2430. The van der Waals surface area contributed by atoms with E-state index in [0.717, 1.165) is 36.1 Å². The average Bonchev–Trinajstić information content (AvgIpc) is 4.08. The number of hydrogen-bond donors (Lipinski definition) is 5. The summed E-state index contributed by atoms with van der Waals surface area (Å²) in [6.07, 6.45) is 6.46. The number of halogens is 1. The zero-order chi connectivity index (χ0) is 41.7. The number of rotatable bonds is 11. The molecule has 5 aromatic rings. The lowest BCUT2D eigenvalue weighted by molar-refractivity contribution is -0.139. The Balaban J connectivity index is 1.02. The summed E-state index contributed by atoms with van der Waals surface area (Å²) >= 11 is 0. The minimum atomic E-state index is -0.775. The number of nitrogens with one attached hydrogen (secondary N) is 4. The number of nitrogens with zero attached hydrogens (tertiary/aromatic N) is 5. The molecule has 8 rings (SSSR count). The Morgan fingerprint density at radius 2 is 1.41 bits per heavy atom. The van der Waals surface area contributed by atoms with Gasteiger partial charge in [-0.2, -0.15) is 0 Å². The van der Waals surface area contributed by atoms with E-state index in [2.05, 4.69) is 30.6 Å². The molecular formula is C43H50FN9O6. The first kappa shape index (κ1) is 39.8. The predicted octanol–water partition coefficient (Wildman–Crippen LogP) is 5.20. The van der Waals surface area contributed by atoms with Crippen molar-refractivity contribution in [1.82, 2.24) is 44.9 Å². The van der Waals surface area contributed by atoms with Crippen molar-refractivity contribution in [2.24, 2.45) is 11.8 Å². The van der Waals surface area contributed by atoms with E-state index in [0.29, 0.717) is 64.8 Å². The molecule has 6 heterocycles. The van der Waals surface area contributed by atoms with Crippen LogP contribution in [-0.4, -0.2) is 94.8 Å². The summed E-state index contributed by atoms with van der Waals surface area (Å²) in [6.45, 7) is 9.46. The van der Waals surface area contributed by atoms with Crippen molar-refractivity contribution in [1.29, 1.82) is 0 Å². The first-order chi connectivity index (χ1) is 28.3. The molecule has 0 spiro atoms. The Morgan fingerprint density at radius 3 is 1.97 bits per heavy atom. The molecule has 2 saturated heterocycles. The Hall–Kier alpha value is -6.03. The van der Waals surface area contributed by atoms with Crippen molar-refractivity contribution in [3.63, 3.8) is 0 Å². The number of imidazole rings is 2. The first-order valence-electron chi connectivity index (χ1n) is 20.3. The van der Waals surface area contributed by atoms with Gasteiger partial charge in [0.25, 0.3) is 0 Å². The molecule has 15 nitrogen and oxygen atoms in total. The number of H-pyrrole nitrogens is 2. The van der Waals surface area contributed by atoms with Crippen molar-refractivity contribution < 1.29 is 33.4 Å². The van der Waals surface area contributed by atoms with E-state index in [-0.39, 0.29) is 54.2 Å². The van der Waals surface area contributed by atoms with Gasteiger partial charge in [-0.25, -0.2) is 14.4 Å². The van der Waals surface area contributed by atoms with Crippen LogP contribution >= 0.6 is 0 Å². The van der Waals surface area contributed by atoms with Crippen LogP contribution in [0.15, 0.2) is 48.8 Å². The molecule has 0 radical (unpaired) electrons. The van der Waals surface area contributed by atoms with Crippen LogP contribution in [0, 0.1) is 17.7 Å². The standard InChI is InChI=1S/C43H50FN9O6/c1-22(2)37(47-24(5)55)42(57)51-14-6-8-32(51)41-46-19-30(49-41)26-10-12-27-34(17-26)59-21-53-31-13-11-25(16-28(31)36(44)39(27)53)29-18-45-40(48-29)33-9-7-15-52(33)43(58)38(23(3)4)50-35(56)20-54/h10-13,16-19,22-23,32-33,37-38,54H,6-9,14-15,20-21H2,1-5H3,(H,45,48)(H,46,49)(H,47,55)(H,50,56)/t32-,33-,37-,38-/m0/s1. The highest BCUT2D eigenvalue weighted by atomic mass is 19.1. The highest BCUT2D eigenvalue weighted by Gasteiger charge is 2.39. The normalized spacial score (nSPS) is 18.5.